The highest BCUT2D eigenvalue weighted by atomic mass is 16.4. The number of aromatic nitrogens is 3. The van der Waals surface area contributed by atoms with E-state index in [0.29, 0.717) is 5.95 Å². The van der Waals surface area contributed by atoms with E-state index in [9.17, 15) is 14.7 Å². The molecule has 0 spiro atoms. The summed E-state index contributed by atoms with van der Waals surface area (Å²) in [5.74, 6) is -0.710. The summed E-state index contributed by atoms with van der Waals surface area (Å²) in [7, 11) is 0. The first kappa shape index (κ1) is 20.6. The zero-order valence-corrected chi connectivity index (χ0v) is 17.2. The predicted molar refractivity (Wildman–Crippen MR) is 114 cm³/mol. The van der Waals surface area contributed by atoms with Gasteiger partial charge in [0, 0.05) is 12.4 Å². The molecule has 0 aliphatic carbocycles. The lowest BCUT2D eigenvalue weighted by molar-refractivity contribution is -0.305. The molecule has 1 aliphatic rings. The van der Waals surface area contributed by atoms with Crippen LogP contribution in [-0.2, 0) is 9.59 Å². The topological polar surface area (TPSA) is 112 Å². The van der Waals surface area contributed by atoms with Gasteiger partial charge in [0.25, 0.3) is 5.95 Å². The highest BCUT2D eigenvalue weighted by Gasteiger charge is 2.31. The first-order chi connectivity index (χ1) is 15.0. The Morgan fingerprint density at radius 3 is 2.55 bits per heavy atom. The van der Waals surface area contributed by atoms with Gasteiger partial charge in [-0.2, -0.15) is 4.98 Å². The van der Waals surface area contributed by atoms with Crippen molar-refractivity contribution in [3.8, 4) is 0 Å². The molecule has 1 amide bonds. The number of fused-ring (bicyclic) bond motifs is 1. The van der Waals surface area contributed by atoms with Crippen molar-refractivity contribution in [1.29, 1.82) is 0 Å². The molecule has 1 aliphatic heterocycles. The van der Waals surface area contributed by atoms with Crippen molar-refractivity contribution in [2.24, 2.45) is 0 Å². The summed E-state index contributed by atoms with van der Waals surface area (Å²) in [5.41, 5.74) is 3.47. The minimum atomic E-state index is -1.17. The summed E-state index contributed by atoms with van der Waals surface area (Å²) < 4.78 is 1.80. The maximum Gasteiger partial charge on any atom is 0.250 e. The molecule has 0 radical (unpaired) electrons. The van der Waals surface area contributed by atoms with E-state index in [1.165, 1.54) is 5.56 Å². The van der Waals surface area contributed by atoms with Gasteiger partial charge in [-0.15, -0.1) is 5.10 Å². The fourth-order valence-corrected chi connectivity index (χ4v) is 3.78. The van der Waals surface area contributed by atoms with Gasteiger partial charge in [-0.05, 0) is 37.3 Å². The Morgan fingerprint density at radius 2 is 1.84 bits per heavy atom. The number of hydrogen-bond acceptors (Lipinski definition) is 6. The molecule has 2 N–H and O–H groups in total. The van der Waals surface area contributed by atoms with Crippen LogP contribution in [0.5, 0.6) is 0 Å². The Kier molecular flexibility index (Phi) is 5.97. The summed E-state index contributed by atoms with van der Waals surface area (Å²) in [6, 6.07) is 18.5. The number of amides is 1. The molecule has 2 aromatic carbocycles. The normalized spacial score (nSPS) is 17.5. The van der Waals surface area contributed by atoms with E-state index in [2.05, 4.69) is 64.0 Å². The maximum atomic E-state index is 12.1. The van der Waals surface area contributed by atoms with Crippen molar-refractivity contribution in [3.63, 3.8) is 0 Å². The number of nitrogens with one attached hydrogen (secondary N) is 2. The van der Waals surface area contributed by atoms with Gasteiger partial charge in [-0.3, -0.25) is 10.1 Å². The molecule has 3 aromatic rings. The van der Waals surface area contributed by atoms with Crippen LogP contribution in [0.1, 0.15) is 54.5 Å². The second-order valence-electron chi connectivity index (χ2n) is 7.75. The number of nitrogens with zero attached hydrogens (tertiary/aromatic N) is 3. The van der Waals surface area contributed by atoms with Gasteiger partial charge < -0.3 is 15.2 Å². The van der Waals surface area contributed by atoms with E-state index >= 15 is 0 Å². The first-order valence-electron chi connectivity index (χ1n) is 10.3. The third-order valence-corrected chi connectivity index (χ3v) is 5.39. The average Bonchev–Trinajstić information content (AvgIpc) is 3.16. The number of carbonyl (C=O) groups is 2. The fourth-order valence-electron chi connectivity index (χ4n) is 3.78. The van der Waals surface area contributed by atoms with Crippen LogP contribution in [0, 0.1) is 6.92 Å². The second-order valence-corrected chi connectivity index (χ2v) is 7.75. The van der Waals surface area contributed by atoms with Gasteiger partial charge in [-0.25, -0.2) is 4.68 Å². The molecule has 8 heteroatoms. The molecule has 0 saturated carbocycles. The Morgan fingerprint density at radius 1 is 1.10 bits per heavy atom. The van der Waals surface area contributed by atoms with Crippen LogP contribution < -0.4 is 15.7 Å². The smallest absolute Gasteiger partial charge is 0.250 e. The number of carbonyl (C=O) groups excluding carboxylic acids is 2. The van der Waals surface area contributed by atoms with Gasteiger partial charge in [-0.1, -0.05) is 60.2 Å². The number of rotatable bonds is 7. The molecule has 31 heavy (non-hydrogen) atoms. The summed E-state index contributed by atoms with van der Waals surface area (Å²) in [5, 5.41) is 21.2. The summed E-state index contributed by atoms with van der Waals surface area (Å²) in [6.45, 7) is 2.06. The van der Waals surface area contributed by atoms with E-state index in [1.807, 2.05) is 18.2 Å². The Labute approximate surface area is 180 Å². The van der Waals surface area contributed by atoms with Crippen LogP contribution in [0.25, 0.3) is 0 Å². The van der Waals surface area contributed by atoms with Crippen molar-refractivity contribution < 1.29 is 14.7 Å². The fraction of sp³-hybridized carbons (Fsp3) is 0.304. The van der Waals surface area contributed by atoms with Crippen molar-refractivity contribution in [3.05, 3.63) is 71.3 Å². The van der Waals surface area contributed by atoms with Gasteiger partial charge >= 0.3 is 0 Å². The Bertz CT molecular complexity index is 1060. The highest BCUT2D eigenvalue weighted by Crippen LogP contribution is 2.38. The number of hydrogen-bond donors (Lipinski definition) is 2. The zero-order chi connectivity index (χ0) is 21.8. The number of benzene rings is 2. The minimum absolute atomic E-state index is 0.0417. The molecular weight excluding hydrogens is 394 g/mol. The highest BCUT2D eigenvalue weighted by molar-refractivity contribution is 5.89. The van der Waals surface area contributed by atoms with Crippen LogP contribution in [0.4, 0.5) is 11.9 Å². The lowest BCUT2D eigenvalue weighted by atomic mass is 9.93. The lowest BCUT2D eigenvalue weighted by Gasteiger charge is -2.31. The quantitative estimate of drug-likeness (QED) is 0.610. The second kappa shape index (κ2) is 8.99. The van der Waals surface area contributed by atoms with Gasteiger partial charge in [0.1, 0.15) is 0 Å². The number of aliphatic carboxylic acids is 1. The predicted octanol–water partition coefficient (Wildman–Crippen LogP) is 2.59. The standard InChI is InChI=1S/C23H25N5O3/c1-15-10-12-16(13-11-15)18-14-19(17-6-3-2-4-7-17)28-23(24-18)26-22(27-28)25-20(29)8-5-9-21(30)31/h2-4,6-7,10-13,18-19H,5,8-9,14H2,1H3,(H,30,31)(H2,24,25,26,27,29)/p-1/t18-,19+/m0/s1. The Balaban J connectivity index is 1.58. The van der Waals surface area contributed by atoms with Crippen molar-refractivity contribution in [2.45, 2.75) is 44.7 Å². The van der Waals surface area contributed by atoms with Crippen LogP contribution >= 0.6 is 0 Å². The third kappa shape index (κ3) is 4.91. The number of carboxylic acid groups (broad SMARTS) is 1. The van der Waals surface area contributed by atoms with Crippen LogP contribution in [0.3, 0.4) is 0 Å². The molecule has 0 fully saturated rings. The summed E-state index contributed by atoms with van der Waals surface area (Å²) in [4.78, 5) is 27.2. The monoisotopic (exact) mass is 418 g/mol. The van der Waals surface area contributed by atoms with Crippen LogP contribution in [-0.4, -0.2) is 26.6 Å². The van der Waals surface area contributed by atoms with Gasteiger partial charge in [0.2, 0.25) is 11.9 Å². The summed E-state index contributed by atoms with van der Waals surface area (Å²) >= 11 is 0. The van der Waals surface area contributed by atoms with E-state index in [4.69, 9.17) is 0 Å². The molecule has 2 heterocycles. The number of anilines is 2. The van der Waals surface area contributed by atoms with Crippen LogP contribution in [0.2, 0.25) is 0 Å². The SMILES string of the molecule is Cc1ccc([C@@H]2C[C@H](c3ccccc3)n3nc(NC(=O)CCCC(=O)[O-])nc3N2)cc1. The zero-order valence-electron chi connectivity index (χ0n) is 17.2. The summed E-state index contributed by atoms with van der Waals surface area (Å²) in [6.07, 6.45) is 0.903. The van der Waals surface area contributed by atoms with E-state index < -0.39 is 5.97 Å². The maximum absolute atomic E-state index is 12.1. The Hall–Kier alpha value is -3.68. The van der Waals surface area contributed by atoms with Crippen molar-refractivity contribution in [2.75, 3.05) is 10.6 Å². The third-order valence-electron chi connectivity index (χ3n) is 5.39. The minimum Gasteiger partial charge on any atom is -0.550 e. The largest absolute Gasteiger partial charge is 0.550 e. The van der Waals surface area contributed by atoms with E-state index in [1.54, 1.807) is 4.68 Å². The van der Waals surface area contributed by atoms with E-state index in [0.717, 1.165) is 17.5 Å². The molecule has 4 rings (SSSR count). The van der Waals surface area contributed by atoms with Gasteiger partial charge in [0.15, 0.2) is 0 Å². The molecular formula is C23H24N5O3-. The van der Waals surface area contributed by atoms with Crippen molar-refractivity contribution in [1.82, 2.24) is 14.8 Å². The molecule has 160 valence electrons. The first-order valence-corrected chi connectivity index (χ1v) is 10.3. The number of aryl methyl sites for hydroxylation is 1. The molecule has 0 saturated heterocycles. The molecule has 0 unspecified atom stereocenters. The molecule has 0 bridgehead atoms. The van der Waals surface area contributed by atoms with Gasteiger partial charge in [0.05, 0.1) is 12.1 Å². The van der Waals surface area contributed by atoms with Crippen LogP contribution in [0.15, 0.2) is 54.6 Å². The lowest BCUT2D eigenvalue weighted by Crippen LogP contribution is -2.28. The molecule has 2 atom stereocenters. The number of carboxylic acids is 1. The average molecular weight is 418 g/mol. The molecule has 1 aromatic heterocycles. The van der Waals surface area contributed by atoms with Crippen molar-refractivity contribution >= 4 is 23.8 Å². The molecule has 8 nitrogen and oxygen atoms in total. The van der Waals surface area contributed by atoms with E-state index in [-0.39, 0.29) is 43.2 Å².